The number of ether oxygens (including phenoxy) is 2. The summed E-state index contributed by atoms with van der Waals surface area (Å²) >= 11 is 0. The number of carbonyl (C=O) groups is 2. The summed E-state index contributed by atoms with van der Waals surface area (Å²) in [5.74, 6) is -0.201. The molecule has 7 nitrogen and oxygen atoms in total. The van der Waals surface area contributed by atoms with E-state index >= 15 is 0 Å². The summed E-state index contributed by atoms with van der Waals surface area (Å²) in [4.78, 5) is 23.0. The van der Waals surface area contributed by atoms with Gasteiger partial charge in [0.15, 0.2) is 11.5 Å². The van der Waals surface area contributed by atoms with Crippen LogP contribution in [0.3, 0.4) is 0 Å². The number of hydrazone groups is 1. The van der Waals surface area contributed by atoms with E-state index < -0.39 is 11.8 Å². The molecule has 2 amide bonds. The van der Waals surface area contributed by atoms with Gasteiger partial charge >= 0.3 is 11.8 Å². The van der Waals surface area contributed by atoms with Crippen LogP contribution in [0.25, 0.3) is 0 Å². The highest BCUT2D eigenvalue weighted by Crippen LogP contribution is 2.27. The molecule has 23 heavy (non-hydrogen) atoms. The second kappa shape index (κ2) is 8.17. The number of nitrogens with one attached hydrogen (secondary N) is 2. The van der Waals surface area contributed by atoms with E-state index in [1.165, 1.54) is 6.21 Å². The van der Waals surface area contributed by atoms with Crippen LogP contribution < -0.4 is 20.2 Å². The van der Waals surface area contributed by atoms with Crippen molar-refractivity contribution in [2.75, 3.05) is 13.7 Å². The van der Waals surface area contributed by atoms with Gasteiger partial charge in [-0.25, -0.2) is 5.43 Å². The van der Waals surface area contributed by atoms with E-state index in [0.29, 0.717) is 23.7 Å². The number of methoxy groups -OCH3 is 1. The predicted molar refractivity (Wildman–Crippen MR) is 85.7 cm³/mol. The van der Waals surface area contributed by atoms with Crippen LogP contribution in [-0.2, 0) is 9.59 Å². The molecule has 7 heteroatoms. The van der Waals surface area contributed by atoms with Gasteiger partial charge in [-0.3, -0.25) is 9.59 Å². The summed E-state index contributed by atoms with van der Waals surface area (Å²) < 4.78 is 10.8. The number of carbonyl (C=O) groups excluding carboxylic acids is 2. The summed E-state index contributed by atoms with van der Waals surface area (Å²) in [6.45, 7) is 2.63. The van der Waals surface area contributed by atoms with Gasteiger partial charge in [-0.2, -0.15) is 5.10 Å². The summed E-state index contributed by atoms with van der Waals surface area (Å²) in [5.41, 5.74) is 2.91. The standard InChI is InChI=1S/C16H21N3O4/c1-3-8-23-13-7-4-11(9-14(13)22-2)10-17-19-16(21)15(20)18-12-5-6-12/h4,7,9-10,12H,3,5-6,8H2,1-2H3,(H,18,20)(H,19,21)/b17-10-. The van der Waals surface area contributed by atoms with E-state index in [0.717, 1.165) is 19.3 Å². The number of nitrogens with zero attached hydrogens (tertiary/aromatic N) is 1. The molecule has 0 bridgehead atoms. The molecule has 0 saturated heterocycles. The van der Waals surface area contributed by atoms with Gasteiger partial charge in [0, 0.05) is 6.04 Å². The lowest BCUT2D eigenvalue weighted by atomic mass is 10.2. The SMILES string of the molecule is CCCOc1ccc(/C=N\NC(=O)C(=O)NC2CC2)cc1OC. The van der Waals surface area contributed by atoms with E-state index in [4.69, 9.17) is 9.47 Å². The lowest BCUT2D eigenvalue weighted by Crippen LogP contribution is -2.38. The van der Waals surface area contributed by atoms with Crippen molar-refractivity contribution < 1.29 is 19.1 Å². The number of hydrogen-bond acceptors (Lipinski definition) is 5. The molecule has 2 N–H and O–H groups in total. The largest absolute Gasteiger partial charge is 0.493 e. The normalized spacial score (nSPS) is 13.7. The second-order valence-electron chi connectivity index (χ2n) is 5.21. The van der Waals surface area contributed by atoms with Gasteiger partial charge < -0.3 is 14.8 Å². The molecular weight excluding hydrogens is 298 g/mol. The van der Waals surface area contributed by atoms with Gasteiger partial charge in [-0.1, -0.05) is 6.92 Å². The fourth-order valence-corrected chi connectivity index (χ4v) is 1.79. The van der Waals surface area contributed by atoms with Crippen molar-refractivity contribution in [3.8, 4) is 11.5 Å². The number of benzene rings is 1. The molecule has 1 aromatic carbocycles. The van der Waals surface area contributed by atoms with Crippen LogP contribution in [0.4, 0.5) is 0 Å². The van der Waals surface area contributed by atoms with Crippen molar-refractivity contribution in [2.45, 2.75) is 32.2 Å². The third-order valence-electron chi connectivity index (χ3n) is 3.15. The summed E-state index contributed by atoms with van der Waals surface area (Å²) in [5, 5.41) is 6.36. The van der Waals surface area contributed by atoms with Crippen molar-refractivity contribution in [1.82, 2.24) is 10.7 Å². The average Bonchev–Trinajstić information content (AvgIpc) is 3.37. The van der Waals surface area contributed by atoms with Crippen LogP contribution in [0.15, 0.2) is 23.3 Å². The van der Waals surface area contributed by atoms with Crippen molar-refractivity contribution >= 4 is 18.0 Å². The highest BCUT2D eigenvalue weighted by atomic mass is 16.5. The van der Waals surface area contributed by atoms with E-state index in [1.807, 2.05) is 6.92 Å². The van der Waals surface area contributed by atoms with Crippen molar-refractivity contribution in [1.29, 1.82) is 0 Å². The minimum Gasteiger partial charge on any atom is -0.493 e. The first-order chi connectivity index (χ1) is 11.1. The molecule has 2 rings (SSSR count). The molecule has 1 fully saturated rings. The lowest BCUT2D eigenvalue weighted by Gasteiger charge is -2.10. The molecule has 124 valence electrons. The smallest absolute Gasteiger partial charge is 0.329 e. The first-order valence-electron chi connectivity index (χ1n) is 7.58. The Bertz CT molecular complexity index is 597. The van der Waals surface area contributed by atoms with Crippen LogP contribution in [0.1, 0.15) is 31.7 Å². The second-order valence-corrected chi connectivity index (χ2v) is 5.21. The van der Waals surface area contributed by atoms with Crippen LogP contribution in [0.5, 0.6) is 11.5 Å². The molecule has 0 aliphatic heterocycles. The monoisotopic (exact) mass is 319 g/mol. The van der Waals surface area contributed by atoms with Crippen LogP contribution in [0, 0.1) is 0 Å². The zero-order chi connectivity index (χ0) is 16.7. The maximum absolute atomic E-state index is 11.5. The molecule has 0 radical (unpaired) electrons. The molecule has 1 aromatic rings. The van der Waals surface area contributed by atoms with Gasteiger partial charge in [-0.15, -0.1) is 0 Å². The van der Waals surface area contributed by atoms with E-state index in [1.54, 1.807) is 25.3 Å². The molecular formula is C16H21N3O4. The fraction of sp³-hybridized carbons (Fsp3) is 0.438. The molecule has 1 saturated carbocycles. The zero-order valence-corrected chi connectivity index (χ0v) is 13.3. The minimum absolute atomic E-state index is 0.136. The highest BCUT2D eigenvalue weighted by molar-refractivity contribution is 6.35. The Hall–Kier alpha value is -2.57. The van der Waals surface area contributed by atoms with E-state index in [2.05, 4.69) is 15.8 Å². The molecule has 1 aliphatic rings. The molecule has 0 heterocycles. The molecule has 1 aliphatic carbocycles. The third kappa shape index (κ3) is 5.28. The number of amides is 2. The van der Waals surface area contributed by atoms with Crippen molar-refractivity contribution in [3.05, 3.63) is 23.8 Å². The zero-order valence-electron chi connectivity index (χ0n) is 13.3. The minimum atomic E-state index is -0.775. The van der Waals surface area contributed by atoms with E-state index in [9.17, 15) is 9.59 Å². The average molecular weight is 319 g/mol. The Labute approximate surface area is 135 Å². The van der Waals surface area contributed by atoms with Crippen molar-refractivity contribution in [2.24, 2.45) is 5.10 Å². The van der Waals surface area contributed by atoms with Crippen LogP contribution >= 0.6 is 0 Å². The highest BCUT2D eigenvalue weighted by Gasteiger charge is 2.26. The maximum Gasteiger partial charge on any atom is 0.329 e. The fourth-order valence-electron chi connectivity index (χ4n) is 1.79. The number of hydrogen-bond donors (Lipinski definition) is 2. The predicted octanol–water partition coefficient (Wildman–Crippen LogP) is 1.21. The van der Waals surface area contributed by atoms with Crippen LogP contribution in [0.2, 0.25) is 0 Å². The van der Waals surface area contributed by atoms with Crippen molar-refractivity contribution in [3.63, 3.8) is 0 Å². The van der Waals surface area contributed by atoms with Gasteiger partial charge in [-0.05, 0) is 43.0 Å². The molecule has 0 unspecified atom stereocenters. The Kier molecular flexibility index (Phi) is 5.96. The van der Waals surface area contributed by atoms with E-state index in [-0.39, 0.29) is 6.04 Å². The molecule has 0 spiro atoms. The molecule has 0 atom stereocenters. The summed E-state index contributed by atoms with van der Waals surface area (Å²) in [6, 6.07) is 5.44. The Morgan fingerprint density at radius 1 is 1.30 bits per heavy atom. The van der Waals surface area contributed by atoms with Crippen LogP contribution in [-0.4, -0.2) is 37.8 Å². The quantitative estimate of drug-likeness (QED) is 0.449. The van der Waals surface area contributed by atoms with Gasteiger partial charge in [0.05, 0.1) is 19.9 Å². The summed E-state index contributed by atoms with van der Waals surface area (Å²) in [6.07, 6.45) is 4.19. The topological polar surface area (TPSA) is 89.0 Å². The van der Waals surface area contributed by atoms with Gasteiger partial charge in [0.25, 0.3) is 0 Å². The number of rotatable bonds is 7. The van der Waals surface area contributed by atoms with Gasteiger partial charge in [0.2, 0.25) is 0 Å². The maximum atomic E-state index is 11.5. The first-order valence-corrected chi connectivity index (χ1v) is 7.58. The first kappa shape index (κ1) is 16.8. The Morgan fingerprint density at radius 2 is 2.09 bits per heavy atom. The van der Waals surface area contributed by atoms with Gasteiger partial charge in [0.1, 0.15) is 0 Å². The summed E-state index contributed by atoms with van der Waals surface area (Å²) in [7, 11) is 1.55. The third-order valence-corrected chi connectivity index (χ3v) is 3.15. The lowest BCUT2D eigenvalue weighted by molar-refractivity contribution is -0.139. The Balaban J connectivity index is 1.90. The molecule has 0 aromatic heterocycles. The Morgan fingerprint density at radius 3 is 2.74 bits per heavy atom.